The van der Waals surface area contributed by atoms with E-state index in [1.165, 1.54) is 4.90 Å². The lowest BCUT2D eigenvalue weighted by molar-refractivity contribution is -0.0236. The number of terminal acetylenes is 1. The number of alkyl halides is 2. The lowest BCUT2D eigenvalue weighted by atomic mass is 10.3. The van der Waals surface area contributed by atoms with Gasteiger partial charge in [0.1, 0.15) is 0 Å². The molecule has 0 aliphatic carbocycles. The maximum Gasteiger partial charge on any atom is 0.272 e. The van der Waals surface area contributed by atoms with Crippen molar-refractivity contribution in [3.63, 3.8) is 0 Å². The average molecular weight is 204 g/mol. The summed E-state index contributed by atoms with van der Waals surface area (Å²) in [6.45, 7) is 3.30. The first-order valence-electron chi connectivity index (χ1n) is 4.60. The first kappa shape index (κ1) is 13.3. The SMILES string of the molecule is C#CCN(C)CC(F)(F)CNC(C)C. The first-order valence-corrected chi connectivity index (χ1v) is 4.60. The Balaban J connectivity index is 3.88. The van der Waals surface area contributed by atoms with E-state index in [2.05, 4.69) is 11.2 Å². The van der Waals surface area contributed by atoms with Crippen LogP contribution in [-0.4, -0.2) is 43.5 Å². The van der Waals surface area contributed by atoms with Crippen LogP contribution in [0.3, 0.4) is 0 Å². The Morgan fingerprint density at radius 2 is 2.07 bits per heavy atom. The molecule has 1 N–H and O–H groups in total. The Bertz CT molecular complexity index is 197. The molecule has 0 aliphatic rings. The van der Waals surface area contributed by atoms with Gasteiger partial charge < -0.3 is 5.32 Å². The zero-order chi connectivity index (χ0) is 11.2. The van der Waals surface area contributed by atoms with Crippen LogP contribution in [0.2, 0.25) is 0 Å². The fraction of sp³-hybridized carbons (Fsp3) is 0.800. The van der Waals surface area contributed by atoms with Crippen LogP contribution in [0, 0.1) is 12.3 Å². The lowest BCUT2D eigenvalue weighted by Crippen LogP contribution is -2.44. The molecule has 0 saturated heterocycles. The molecular formula is C10H18F2N2. The molecule has 0 heterocycles. The largest absolute Gasteiger partial charge is 0.309 e. The highest BCUT2D eigenvalue weighted by atomic mass is 19.3. The van der Waals surface area contributed by atoms with E-state index in [1.807, 2.05) is 13.8 Å². The summed E-state index contributed by atoms with van der Waals surface area (Å²) in [5.74, 6) is -0.399. The molecule has 0 spiro atoms. The van der Waals surface area contributed by atoms with E-state index in [9.17, 15) is 8.78 Å². The van der Waals surface area contributed by atoms with Crippen molar-refractivity contribution >= 4 is 0 Å². The van der Waals surface area contributed by atoms with Crippen molar-refractivity contribution in [3.05, 3.63) is 0 Å². The number of halogens is 2. The third kappa shape index (κ3) is 6.81. The number of nitrogens with one attached hydrogen (secondary N) is 1. The van der Waals surface area contributed by atoms with Gasteiger partial charge in [-0.2, -0.15) is 0 Å². The molecule has 0 unspecified atom stereocenters. The van der Waals surface area contributed by atoms with Crippen molar-refractivity contribution in [1.29, 1.82) is 0 Å². The molecule has 0 atom stereocenters. The highest BCUT2D eigenvalue weighted by Crippen LogP contribution is 2.13. The van der Waals surface area contributed by atoms with Crippen molar-refractivity contribution in [2.75, 3.05) is 26.7 Å². The summed E-state index contributed by atoms with van der Waals surface area (Å²) in [7, 11) is 1.59. The molecule has 4 heteroatoms. The maximum atomic E-state index is 13.2. The summed E-state index contributed by atoms with van der Waals surface area (Å²) in [6.07, 6.45) is 5.02. The fourth-order valence-electron chi connectivity index (χ4n) is 1.02. The Morgan fingerprint density at radius 3 is 2.50 bits per heavy atom. The number of hydrogen-bond donors (Lipinski definition) is 1. The van der Waals surface area contributed by atoms with Crippen molar-refractivity contribution < 1.29 is 8.78 Å². The Morgan fingerprint density at radius 1 is 1.50 bits per heavy atom. The van der Waals surface area contributed by atoms with E-state index >= 15 is 0 Å². The van der Waals surface area contributed by atoms with Crippen molar-refractivity contribution in [3.8, 4) is 12.3 Å². The molecule has 0 aromatic heterocycles. The predicted molar refractivity (Wildman–Crippen MR) is 54.4 cm³/mol. The Labute approximate surface area is 84.7 Å². The molecule has 82 valence electrons. The molecule has 0 aromatic rings. The zero-order valence-corrected chi connectivity index (χ0v) is 8.98. The summed E-state index contributed by atoms with van der Waals surface area (Å²) in [5.41, 5.74) is 0. The smallest absolute Gasteiger partial charge is 0.272 e. The summed E-state index contributed by atoms with van der Waals surface area (Å²) in [4.78, 5) is 1.43. The van der Waals surface area contributed by atoms with Crippen LogP contribution in [-0.2, 0) is 0 Å². The second-order valence-electron chi connectivity index (χ2n) is 3.77. The van der Waals surface area contributed by atoms with Crippen molar-refractivity contribution in [1.82, 2.24) is 10.2 Å². The van der Waals surface area contributed by atoms with Gasteiger partial charge in [-0.3, -0.25) is 4.90 Å². The Kier molecular flexibility index (Phi) is 5.66. The number of nitrogens with zero attached hydrogens (tertiary/aromatic N) is 1. The molecule has 0 aromatic carbocycles. The number of hydrogen-bond acceptors (Lipinski definition) is 2. The topological polar surface area (TPSA) is 15.3 Å². The molecule has 2 nitrogen and oxygen atoms in total. The van der Waals surface area contributed by atoms with Crippen LogP contribution < -0.4 is 5.32 Å². The van der Waals surface area contributed by atoms with Crippen LogP contribution >= 0.6 is 0 Å². The highest BCUT2D eigenvalue weighted by molar-refractivity contribution is 4.88. The fourth-order valence-corrected chi connectivity index (χ4v) is 1.02. The van der Waals surface area contributed by atoms with Crippen LogP contribution in [0.25, 0.3) is 0 Å². The van der Waals surface area contributed by atoms with Crippen molar-refractivity contribution in [2.45, 2.75) is 25.8 Å². The number of rotatable bonds is 6. The van der Waals surface area contributed by atoms with Gasteiger partial charge in [0, 0.05) is 6.04 Å². The van der Waals surface area contributed by atoms with Gasteiger partial charge in [-0.15, -0.1) is 6.42 Å². The molecule has 0 fully saturated rings. The molecule has 0 bridgehead atoms. The standard InChI is InChI=1S/C10H18F2N2/c1-5-6-14(4)8-10(11,12)7-13-9(2)3/h1,9,13H,6-8H2,2-4H3. The summed E-state index contributed by atoms with van der Waals surface area (Å²) in [6, 6.07) is 0.0683. The third-order valence-electron chi connectivity index (χ3n) is 1.63. The first-order chi connectivity index (χ1) is 6.37. The van der Waals surface area contributed by atoms with E-state index in [-0.39, 0.29) is 25.7 Å². The maximum absolute atomic E-state index is 13.2. The van der Waals surface area contributed by atoms with Gasteiger partial charge in [0.2, 0.25) is 0 Å². The van der Waals surface area contributed by atoms with Gasteiger partial charge in [-0.1, -0.05) is 19.8 Å². The molecule has 0 radical (unpaired) electrons. The summed E-state index contributed by atoms with van der Waals surface area (Å²) < 4.78 is 26.4. The second-order valence-corrected chi connectivity index (χ2v) is 3.77. The Hall–Kier alpha value is -0.660. The van der Waals surface area contributed by atoms with Gasteiger partial charge >= 0.3 is 0 Å². The van der Waals surface area contributed by atoms with Crippen molar-refractivity contribution in [2.24, 2.45) is 0 Å². The van der Waals surface area contributed by atoms with E-state index in [1.54, 1.807) is 7.05 Å². The minimum atomic E-state index is -2.73. The molecule has 0 amide bonds. The molecule has 0 aliphatic heterocycles. The van der Waals surface area contributed by atoms with Gasteiger partial charge in [0.05, 0.1) is 19.6 Å². The average Bonchev–Trinajstić information content (AvgIpc) is 2.00. The molecule has 0 rings (SSSR count). The molecule has 0 saturated carbocycles. The predicted octanol–water partition coefficient (Wildman–Crippen LogP) is 1.18. The van der Waals surface area contributed by atoms with E-state index in [4.69, 9.17) is 6.42 Å². The monoisotopic (exact) mass is 204 g/mol. The third-order valence-corrected chi connectivity index (χ3v) is 1.63. The van der Waals surface area contributed by atoms with Crippen LogP contribution in [0.15, 0.2) is 0 Å². The van der Waals surface area contributed by atoms with E-state index in [0.29, 0.717) is 0 Å². The normalized spacial score (nSPS) is 12.1. The second kappa shape index (κ2) is 5.94. The lowest BCUT2D eigenvalue weighted by Gasteiger charge is -2.23. The quantitative estimate of drug-likeness (QED) is 0.654. The minimum Gasteiger partial charge on any atom is -0.309 e. The van der Waals surface area contributed by atoms with Crippen LogP contribution in [0.4, 0.5) is 8.78 Å². The highest BCUT2D eigenvalue weighted by Gasteiger charge is 2.29. The van der Waals surface area contributed by atoms with Gasteiger partial charge in [0.25, 0.3) is 5.92 Å². The van der Waals surface area contributed by atoms with Crippen LogP contribution in [0.5, 0.6) is 0 Å². The summed E-state index contributed by atoms with van der Waals surface area (Å²) in [5, 5.41) is 2.70. The molecular weight excluding hydrogens is 186 g/mol. The molecule has 14 heavy (non-hydrogen) atoms. The zero-order valence-electron chi connectivity index (χ0n) is 8.98. The van der Waals surface area contributed by atoms with E-state index < -0.39 is 5.92 Å². The minimum absolute atomic E-state index is 0.0683. The van der Waals surface area contributed by atoms with Gasteiger partial charge in [0.15, 0.2) is 0 Å². The van der Waals surface area contributed by atoms with Gasteiger partial charge in [-0.25, -0.2) is 8.78 Å². The summed E-state index contributed by atoms with van der Waals surface area (Å²) >= 11 is 0. The van der Waals surface area contributed by atoms with E-state index in [0.717, 1.165) is 0 Å². The van der Waals surface area contributed by atoms with Gasteiger partial charge in [-0.05, 0) is 7.05 Å². The van der Waals surface area contributed by atoms with Crippen LogP contribution in [0.1, 0.15) is 13.8 Å².